The predicted octanol–water partition coefficient (Wildman–Crippen LogP) is -1.45. The van der Waals surface area contributed by atoms with Crippen LogP contribution in [0.25, 0.3) is 0 Å². The van der Waals surface area contributed by atoms with Crippen molar-refractivity contribution in [2.24, 2.45) is 22.6 Å². The van der Waals surface area contributed by atoms with Crippen molar-refractivity contribution >= 4 is 17.7 Å². The van der Waals surface area contributed by atoms with E-state index in [-0.39, 0.29) is 31.0 Å². The fourth-order valence-corrected chi connectivity index (χ4v) is 1.23. The number of rotatable bonds is 6. The van der Waals surface area contributed by atoms with E-state index in [1.165, 1.54) is 0 Å². The Kier molecular flexibility index (Phi) is 5.77. The average Bonchev–Trinajstić information content (AvgIpc) is 2.13. The summed E-state index contributed by atoms with van der Waals surface area (Å²) in [5, 5.41) is 0. The maximum absolute atomic E-state index is 11.9. The van der Waals surface area contributed by atoms with E-state index >= 15 is 0 Å². The van der Waals surface area contributed by atoms with Gasteiger partial charge in [-0.1, -0.05) is 20.8 Å². The highest BCUT2D eigenvalue weighted by Crippen LogP contribution is 2.20. The van der Waals surface area contributed by atoms with E-state index in [9.17, 15) is 14.4 Å². The van der Waals surface area contributed by atoms with Gasteiger partial charge in [-0.25, -0.2) is 0 Å². The Morgan fingerprint density at radius 3 is 1.72 bits per heavy atom. The van der Waals surface area contributed by atoms with E-state index in [0.29, 0.717) is 0 Å². The molecule has 0 bridgehead atoms. The highest BCUT2D eigenvalue weighted by atomic mass is 16.2. The van der Waals surface area contributed by atoms with E-state index in [1.54, 1.807) is 0 Å². The maximum Gasteiger partial charge on any atom is 0.237 e. The van der Waals surface area contributed by atoms with E-state index < -0.39 is 17.7 Å². The minimum Gasteiger partial charge on any atom is -0.368 e. The first-order chi connectivity index (χ1) is 8.04. The van der Waals surface area contributed by atoms with Crippen LogP contribution in [0.1, 0.15) is 27.2 Å². The summed E-state index contributed by atoms with van der Waals surface area (Å²) in [5.74, 6) is -1.81. The summed E-state index contributed by atoms with van der Waals surface area (Å²) >= 11 is 0. The normalized spacial score (nSPS) is 12.9. The molecule has 0 heterocycles. The number of amides is 3. The topological polar surface area (TPSA) is 133 Å². The molecule has 1 atom stereocenters. The molecule has 104 valence electrons. The second-order valence-corrected chi connectivity index (χ2v) is 5.36. The minimum atomic E-state index is -0.700. The monoisotopic (exact) mass is 258 g/mol. The van der Waals surface area contributed by atoms with Crippen molar-refractivity contribution in [2.45, 2.75) is 33.2 Å². The molecular weight excluding hydrogens is 236 g/mol. The lowest BCUT2D eigenvalue weighted by atomic mass is 9.85. The zero-order valence-electron chi connectivity index (χ0n) is 11.1. The van der Waals surface area contributed by atoms with Crippen molar-refractivity contribution in [3.63, 3.8) is 0 Å². The van der Waals surface area contributed by atoms with Crippen molar-refractivity contribution in [3.05, 3.63) is 0 Å². The van der Waals surface area contributed by atoms with Crippen molar-refractivity contribution in [3.8, 4) is 0 Å². The third kappa shape index (κ3) is 6.19. The molecule has 0 saturated heterocycles. The van der Waals surface area contributed by atoms with E-state index in [1.807, 2.05) is 20.8 Å². The first-order valence-electron chi connectivity index (χ1n) is 5.64. The van der Waals surface area contributed by atoms with Gasteiger partial charge in [0.1, 0.15) is 0 Å². The van der Waals surface area contributed by atoms with Crippen LogP contribution in [0.2, 0.25) is 0 Å². The van der Waals surface area contributed by atoms with Gasteiger partial charge in [-0.3, -0.25) is 14.4 Å². The Balaban J connectivity index is 4.65. The van der Waals surface area contributed by atoms with Gasteiger partial charge in [0.15, 0.2) is 0 Å². The number of carbonyl (C=O) groups is 3. The molecule has 7 nitrogen and oxygen atoms in total. The number of nitrogens with zero attached hydrogens (tertiary/aromatic N) is 1. The molecule has 6 N–H and O–H groups in total. The SMILES string of the molecule is CC(C)(C)C(N)CC(=O)N(CC(N)=O)CC(N)=O. The Morgan fingerprint density at radius 1 is 1.06 bits per heavy atom. The third-order valence-electron chi connectivity index (χ3n) is 2.55. The van der Waals surface area contributed by atoms with Gasteiger partial charge in [0.05, 0.1) is 13.1 Å². The zero-order chi connectivity index (χ0) is 14.5. The Morgan fingerprint density at radius 2 is 1.44 bits per heavy atom. The summed E-state index contributed by atoms with van der Waals surface area (Å²) in [5.41, 5.74) is 15.6. The van der Waals surface area contributed by atoms with Gasteiger partial charge in [-0.15, -0.1) is 0 Å². The molecule has 0 aliphatic rings. The minimum absolute atomic E-state index is 0.0318. The largest absolute Gasteiger partial charge is 0.368 e. The lowest BCUT2D eigenvalue weighted by molar-refractivity contribution is -0.138. The number of nitrogens with two attached hydrogens (primary N) is 3. The van der Waals surface area contributed by atoms with Crippen molar-refractivity contribution in [1.82, 2.24) is 4.90 Å². The van der Waals surface area contributed by atoms with Crippen LogP contribution < -0.4 is 17.2 Å². The maximum atomic E-state index is 11.9. The van der Waals surface area contributed by atoms with Crippen LogP contribution in [-0.2, 0) is 14.4 Å². The second kappa shape index (κ2) is 6.34. The molecule has 0 aromatic heterocycles. The smallest absolute Gasteiger partial charge is 0.237 e. The lowest BCUT2D eigenvalue weighted by Gasteiger charge is -2.29. The Labute approximate surface area is 107 Å². The average molecular weight is 258 g/mol. The summed E-state index contributed by atoms with van der Waals surface area (Å²) in [6, 6.07) is -0.381. The summed E-state index contributed by atoms with van der Waals surface area (Å²) in [6.45, 7) is 5.03. The molecule has 7 heteroatoms. The molecule has 0 radical (unpaired) electrons. The van der Waals surface area contributed by atoms with Gasteiger partial charge in [0.2, 0.25) is 17.7 Å². The first-order valence-corrected chi connectivity index (χ1v) is 5.64. The molecule has 18 heavy (non-hydrogen) atoms. The highest BCUT2D eigenvalue weighted by Gasteiger charge is 2.26. The fourth-order valence-electron chi connectivity index (χ4n) is 1.23. The van der Waals surface area contributed by atoms with Gasteiger partial charge >= 0.3 is 0 Å². The molecule has 0 spiro atoms. The van der Waals surface area contributed by atoms with E-state index in [4.69, 9.17) is 17.2 Å². The van der Waals surface area contributed by atoms with Gasteiger partial charge < -0.3 is 22.1 Å². The standard InChI is InChI=1S/C11H22N4O3/c1-11(2,3)7(12)4-10(18)15(5-8(13)16)6-9(14)17/h7H,4-6,12H2,1-3H3,(H2,13,16)(H2,14,17). The van der Waals surface area contributed by atoms with Crippen LogP contribution in [0.5, 0.6) is 0 Å². The summed E-state index contributed by atoms with van der Waals surface area (Å²) < 4.78 is 0. The molecule has 0 aromatic carbocycles. The van der Waals surface area contributed by atoms with Gasteiger partial charge in [-0.2, -0.15) is 0 Å². The van der Waals surface area contributed by atoms with Crippen LogP contribution in [-0.4, -0.2) is 41.8 Å². The number of carbonyl (C=O) groups excluding carboxylic acids is 3. The van der Waals surface area contributed by atoms with Crippen molar-refractivity contribution < 1.29 is 14.4 Å². The summed E-state index contributed by atoms with van der Waals surface area (Å²) in [7, 11) is 0. The molecule has 1 unspecified atom stereocenters. The lowest BCUT2D eigenvalue weighted by Crippen LogP contribution is -2.47. The Hall–Kier alpha value is -1.63. The van der Waals surface area contributed by atoms with Gasteiger partial charge in [0, 0.05) is 12.5 Å². The third-order valence-corrected chi connectivity index (χ3v) is 2.55. The van der Waals surface area contributed by atoms with E-state index in [0.717, 1.165) is 4.90 Å². The molecule has 3 amide bonds. The van der Waals surface area contributed by atoms with Crippen molar-refractivity contribution in [2.75, 3.05) is 13.1 Å². The number of hydrogen-bond acceptors (Lipinski definition) is 4. The number of primary amides is 2. The fraction of sp³-hybridized carbons (Fsp3) is 0.727. The summed E-state index contributed by atoms with van der Waals surface area (Å²) in [6.07, 6.45) is 0.0318. The van der Waals surface area contributed by atoms with Gasteiger partial charge in [-0.05, 0) is 5.41 Å². The quantitative estimate of drug-likeness (QED) is 0.537. The van der Waals surface area contributed by atoms with Crippen LogP contribution in [0.3, 0.4) is 0 Å². The van der Waals surface area contributed by atoms with E-state index in [2.05, 4.69) is 0 Å². The molecular formula is C11H22N4O3. The molecule has 0 aliphatic heterocycles. The van der Waals surface area contributed by atoms with Crippen LogP contribution in [0.4, 0.5) is 0 Å². The van der Waals surface area contributed by atoms with Crippen LogP contribution in [0.15, 0.2) is 0 Å². The highest BCUT2D eigenvalue weighted by molar-refractivity contribution is 5.88. The predicted molar refractivity (Wildman–Crippen MR) is 67.0 cm³/mol. The van der Waals surface area contributed by atoms with Crippen molar-refractivity contribution in [1.29, 1.82) is 0 Å². The number of hydrogen-bond donors (Lipinski definition) is 3. The van der Waals surface area contributed by atoms with Gasteiger partial charge in [0.25, 0.3) is 0 Å². The van der Waals surface area contributed by atoms with Crippen LogP contribution in [0, 0.1) is 5.41 Å². The molecule has 0 saturated carbocycles. The van der Waals surface area contributed by atoms with Crippen LogP contribution >= 0.6 is 0 Å². The molecule has 0 aliphatic carbocycles. The Bertz CT molecular complexity index is 320. The first kappa shape index (κ1) is 16.4. The molecule has 0 rings (SSSR count). The zero-order valence-corrected chi connectivity index (χ0v) is 11.1. The molecule has 0 fully saturated rings. The second-order valence-electron chi connectivity index (χ2n) is 5.36. The molecule has 0 aromatic rings. The summed E-state index contributed by atoms with van der Waals surface area (Å²) in [4.78, 5) is 34.6.